The Morgan fingerprint density at radius 2 is 2.06 bits per heavy atom. The fraction of sp³-hybridized carbons (Fsp3) is 0.286. The zero-order valence-electron chi connectivity index (χ0n) is 16.9. The lowest BCUT2D eigenvalue weighted by atomic mass is 10.1. The second-order valence-corrected chi connectivity index (χ2v) is 7.28. The Bertz CT molecular complexity index is 1170. The molecule has 2 amide bonds. The Labute approximate surface area is 177 Å². The molecule has 0 radical (unpaired) electrons. The molecule has 9 nitrogen and oxygen atoms in total. The number of aromatic nitrogens is 4. The minimum atomic E-state index is -0.541. The topological polar surface area (TPSA) is 102 Å². The van der Waals surface area contributed by atoms with E-state index in [0.717, 1.165) is 0 Å². The number of benzene rings is 1. The van der Waals surface area contributed by atoms with E-state index in [2.05, 4.69) is 15.4 Å². The molecule has 3 aromatic rings. The molecule has 1 atom stereocenters. The van der Waals surface area contributed by atoms with E-state index in [1.54, 1.807) is 31.4 Å². The van der Waals surface area contributed by atoms with Crippen molar-refractivity contribution in [2.45, 2.75) is 13.0 Å². The molecular weight excluding hydrogens is 403 g/mol. The third kappa shape index (κ3) is 4.23. The first kappa shape index (κ1) is 20.5. The fourth-order valence-electron chi connectivity index (χ4n) is 3.56. The number of hydrogen-bond acceptors (Lipinski definition) is 5. The molecule has 1 aliphatic heterocycles. The number of nitrogens with one attached hydrogen (secondary N) is 1. The lowest BCUT2D eigenvalue weighted by Gasteiger charge is -2.16. The standard InChI is InChI=1S/C21H21FN6O3/c1-26-19(17-7-2-3-8-23-17)25-28(21(26)31)10-9-24-20(30)14-11-18(29)27(13-14)16-6-4-5-15(22)12-16/h2-8,12,14H,9-11,13H2,1H3,(H,24,30)/t14-/m1/s1. The normalized spacial score (nSPS) is 16.0. The van der Waals surface area contributed by atoms with Crippen molar-refractivity contribution in [3.8, 4) is 11.5 Å². The summed E-state index contributed by atoms with van der Waals surface area (Å²) in [6.07, 6.45) is 1.67. The van der Waals surface area contributed by atoms with Gasteiger partial charge in [-0.25, -0.2) is 13.9 Å². The summed E-state index contributed by atoms with van der Waals surface area (Å²) in [5, 5.41) is 7.06. The van der Waals surface area contributed by atoms with Crippen LogP contribution in [0.5, 0.6) is 0 Å². The molecular formula is C21H21FN6O3. The second kappa shape index (κ2) is 8.50. The highest BCUT2D eigenvalue weighted by Gasteiger charge is 2.35. The molecule has 1 fully saturated rings. The van der Waals surface area contributed by atoms with Gasteiger partial charge in [-0.3, -0.25) is 19.1 Å². The van der Waals surface area contributed by atoms with Crippen LogP contribution >= 0.6 is 0 Å². The van der Waals surface area contributed by atoms with E-state index in [-0.39, 0.29) is 43.6 Å². The molecule has 160 valence electrons. The quantitative estimate of drug-likeness (QED) is 0.635. The van der Waals surface area contributed by atoms with E-state index in [1.807, 2.05) is 6.07 Å². The van der Waals surface area contributed by atoms with Crippen LogP contribution in [-0.4, -0.2) is 44.2 Å². The van der Waals surface area contributed by atoms with Gasteiger partial charge < -0.3 is 10.2 Å². The minimum absolute atomic E-state index is 0.0513. The third-order valence-corrected chi connectivity index (χ3v) is 5.17. The number of halogens is 1. The Hall–Kier alpha value is -3.82. The smallest absolute Gasteiger partial charge is 0.346 e. The van der Waals surface area contributed by atoms with Crippen molar-refractivity contribution in [2.24, 2.45) is 13.0 Å². The first-order chi connectivity index (χ1) is 14.9. The summed E-state index contributed by atoms with van der Waals surface area (Å²) in [6, 6.07) is 11.1. The van der Waals surface area contributed by atoms with Crippen molar-refractivity contribution in [1.29, 1.82) is 0 Å². The second-order valence-electron chi connectivity index (χ2n) is 7.28. The molecule has 10 heteroatoms. The molecule has 2 aromatic heterocycles. The maximum Gasteiger partial charge on any atom is 0.346 e. The molecule has 0 saturated carbocycles. The molecule has 31 heavy (non-hydrogen) atoms. The summed E-state index contributed by atoms with van der Waals surface area (Å²) in [5.41, 5.74) is 0.692. The molecule has 0 spiro atoms. The lowest BCUT2D eigenvalue weighted by molar-refractivity contribution is -0.126. The number of pyridine rings is 1. The molecule has 0 bridgehead atoms. The number of hydrogen-bond donors (Lipinski definition) is 1. The van der Waals surface area contributed by atoms with E-state index in [0.29, 0.717) is 17.2 Å². The van der Waals surface area contributed by atoms with Crippen LogP contribution in [-0.2, 0) is 23.2 Å². The van der Waals surface area contributed by atoms with Crippen molar-refractivity contribution in [3.63, 3.8) is 0 Å². The molecule has 3 heterocycles. The van der Waals surface area contributed by atoms with Crippen molar-refractivity contribution < 1.29 is 14.0 Å². The average molecular weight is 424 g/mol. The number of rotatable bonds is 6. The first-order valence-corrected chi connectivity index (χ1v) is 9.83. The SMILES string of the molecule is Cn1c(-c2ccccn2)nn(CCNC(=O)[C@@H]2CC(=O)N(c3cccc(F)c3)C2)c1=O. The van der Waals surface area contributed by atoms with Crippen molar-refractivity contribution in [3.05, 3.63) is 65.0 Å². The number of amides is 2. The maximum absolute atomic E-state index is 13.4. The van der Waals surface area contributed by atoms with Gasteiger partial charge in [-0.05, 0) is 30.3 Å². The van der Waals surface area contributed by atoms with E-state index in [4.69, 9.17) is 0 Å². The summed E-state index contributed by atoms with van der Waals surface area (Å²) >= 11 is 0. The number of carbonyl (C=O) groups is 2. The van der Waals surface area contributed by atoms with Crippen LogP contribution in [0.15, 0.2) is 53.5 Å². The minimum Gasteiger partial charge on any atom is -0.354 e. The van der Waals surface area contributed by atoms with Gasteiger partial charge in [-0.15, -0.1) is 5.10 Å². The fourth-order valence-corrected chi connectivity index (χ4v) is 3.56. The Kier molecular flexibility index (Phi) is 5.61. The largest absolute Gasteiger partial charge is 0.354 e. The number of nitrogens with zero attached hydrogens (tertiary/aromatic N) is 5. The Morgan fingerprint density at radius 1 is 1.23 bits per heavy atom. The molecule has 4 rings (SSSR count). The van der Waals surface area contributed by atoms with E-state index < -0.39 is 11.7 Å². The monoisotopic (exact) mass is 424 g/mol. The average Bonchev–Trinajstić information content (AvgIpc) is 3.29. The summed E-state index contributed by atoms with van der Waals surface area (Å²) in [6.45, 7) is 0.545. The predicted molar refractivity (Wildman–Crippen MR) is 111 cm³/mol. The first-order valence-electron chi connectivity index (χ1n) is 9.83. The Morgan fingerprint density at radius 3 is 2.81 bits per heavy atom. The van der Waals surface area contributed by atoms with Gasteiger partial charge in [0.2, 0.25) is 11.8 Å². The van der Waals surface area contributed by atoms with Crippen molar-refractivity contribution in [2.75, 3.05) is 18.0 Å². The van der Waals surface area contributed by atoms with Crippen LogP contribution in [0.25, 0.3) is 11.5 Å². The lowest BCUT2D eigenvalue weighted by Crippen LogP contribution is -2.36. The zero-order valence-corrected chi connectivity index (χ0v) is 16.9. The molecule has 1 N–H and O–H groups in total. The molecule has 0 aliphatic carbocycles. The highest BCUT2D eigenvalue weighted by Crippen LogP contribution is 2.25. The van der Waals surface area contributed by atoms with Crippen LogP contribution in [0, 0.1) is 11.7 Å². The maximum atomic E-state index is 13.4. The van der Waals surface area contributed by atoms with Gasteiger partial charge >= 0.3 is 5.69 Å². The van der Waals surface area contributed by atoms with E-state index in [1.165, 1.54) is 32.3 Å². The molecule has 1 aromatic carbocycles. The van der Waals surface area contributed by atoms with Crippen LogP contribution in [0.4, 0.5) is 10.1 Å². The van der Waals surface area contributed by atoms with Crippen LogP contribution < -0.4 is 15.9 Å². The van der Waals surface area contributed by atoms with E-state index >= 15 is 0 Å². The predicted octanol–water partition coefficient (Wildman–Crippen LogP) is 0.952. The van der Waals surface area contributed by atoms with Gasteiger partial charge in [-0.1, -0.05) is 12.1 Å². The molecule has 1 aliphatic rings. The van der Waals surface area contributed by atoms with Crippen LogP contribution in [0.3, 0.4) is 0 Å². The zero-order chi connectivity index (χ0) is 22.0. The van der Waals surface area contributed by atoms with Gasteiger partial charge in [0, 0.05) is 38.4 Å². The highest BCUT2D eigenvalue weighted by molar-refractivity contribution is 6.00. The molecule has 0 unspecified atom stereocenters. The number of carbonyl (C=O) groups excluding carboxylic acids is 2. The van der Waals surface area contributed by atoms with Crippen LogP contribution in [0.2, 0.25) is 0 Å². The Balaban J connectivity index is 1.36. The van der Waals surface area contributed by atoms with Crippen LogP contribution in [0.1, 0.15) is 6.42 Å². The summed E-state index contributed by atoms with van der Waals surface area (Å²) in [5.74, 6) is -1.07. The van der Waals surface area contributed by atoms with Gasteiger partial charge in [0.1, 0.15) is 11.5 Å². The van der Waals surface area contributed by atoms with Crippen molar-refractivity contribution in [1.82, 2.24) is 24.6 Å². The van der Waals surface area contributed by atoms with Gasteiger partial charge in [-0.2, -0.15) is 0 Å². The summed E-state index contributed by atoms with van der Waals surface area (Å²) < 4.78 is 16.1. The van der Waals surface area contributed by atoms with E-state index in [9.17, 15) is 18.8 Å². The number of anilines is 1. The van der Waals surface area contributed by atoms with Gasteiger partial charge in [0.25, 0.3) is 0 Å². The molecule has 1 saturated heterocycles. The summed E-state index contributed by atoms with van der Waals surface area (Å²) in [7, 11) is 1.61. The van der Waals surface area contributed by atoms with Gasteiger partial charge in [0.05, 0.1) is 12.5 Å². The summed E-state index contributed by atoms with van der Waals surface area (Å²) in [4.78, 5) is 42.8. The highest BCUT2D eigenvalue weighted by atomic mass is 19.1. The third-order valence-electron chi connectivity index (χ3n) is 5.17. The van der Waals surface area contributed by atoms with Crippen molar-refractivity contribution >= 4 is 17.5 Å². The van der Waals surface area contributed by atoms with Gasteiger partial charge in [0.15, 0.2) is 5.82 Å².